The molecule has 0 saturated carbocycles. The molecule has 3 heterocycles. The molecule has 1 fully saturated rings. The summed E-state index contributed by atoms with van der Waals surface area (Å²) in [6, 6.07) is 2.15. The number of anilines is 1. The van der Waals surface area contributed by atoms with Gasteiger partial charge >= 0.3 is 0 Å². The van der Waals surface area contributed by atoms with Crippen molar-refractivity contribution in [1.29, 1.82) is 0 Å². The molecule has 0 aromatic carbocycles. The molecule has 2 unspecified atom stereocenters. The summed E-state index contributed by atoms with van der Waals surface area (Å²) in [5.41, 5.74) is 8.11. The Morgan fingerprint density at radius 1 is 1.38 bits per heavy atom. The SMILES string of the molecule is CC(C)c1cc2c(N3CCOC(C(C)N)C3)nccn2n1. The largest absolute Gasteiger partial charge is 0.373 e. The Morgan fingerprint density at radius 3 is 2.90 bits per heavy atom. The lowest BCUT2D eigenvalue weighted by Crippen LogP contribution is -2.50. The fraction of sp³-hybridized carbons (Fsp3) is 0.600. The number of ether oxygens (including phenoxy) is 1. The van der Waals surface area contributed by atoms with Crippen molar-refractivity contribution in [2.75, 3.05) is 24.6 Å². The standard InChI is InChI=1S/C15H23N5O/c1-10(2)12-8-13-15(17-4-5-20(13)18-12)19-6-7-21-14(9-19)11(3)16/h4-5,8,10-11,14H,6-7,9,16H2,1-3H3. The first kappa shape index (κ1) is 14.3. The highest BCUT2D eigenvalue weighted by Crippen LogP contribution is 2.24. The van der Waals surface area contributed by atoms with Crippen LogP contribution in [0.3, 0.4) is 0 Å². The molecular weight excluding hydrogens is 266 g/mol. The zero-order valence-corrected chi connectivity index (χ0v) is 12.9. The average molecular weight is 289 g/mol. The van der Waals surface area contributed by atoms with Gasteiger partial charge < -0.3 is 15.4 Å². The molecule has 1 aliphatic heterocycles. The van der Waals surface area contributed by atoms with Crippen LogP contribution in [0.25, 0.3) is 5.52 Å². The van der Waals surface area contributed by atoms with Crippen molar-refractivity contribution >= 4 is 11.3 Å². The second-order valence-electron chi connectivity index (χ2n) is 6.02. The highest BCUT2D eigenvalue weighted by Gasteiger charge is 2.25. The van der Waals surface area contributed by atoms with E-state index < -0.39 is 0 Å². The van der Waals surface area contributed by atoms with Crippen LogP contribution in [0.1, 0.15) is 32.4 Å². The molecule has 2 atom stereocenters. The number of morpholine rings is 1. The summed E-state index contributed by atoms with van der Waals surface area (Å²) in [7, 11) is 0. The minimum atomic E-state index is 0.0173. The summed E-state index contributed by atoms with van der Waals surface area (Å²) in [6.07, 6.45) is 3.75. The molecule has 6 nitrogen and oxygen atoms in total. The second kappa shape index (κ2) is 5.61. The van der Waals surface area contributed by atoms with Crippen molar-refractivity contribution < 1.29 is 4.74 Å². The molecule has 1 saturated heterocycles. The van der Waals surface area contributed by atoms with Gasteiger partial charge in [0.05, 0.1) is 18.4 Å². The third-order valence-corrected chi connectivity index (χ3v) is 3.96. The fourth-order valence-corrected chi connectivity index (χ4v) is 2.64. The molecule has 0 amide bonds. The number of rotatable bonds is 3. The lowest BCUT2D eigenvalue weighted by molar-refractivity contribution is 0.0274. The lowest BCUT2D eigenvalue weighted by Gasteiger charge is -2.35. The van der Waals surface area contributed by atoms with Gasteiger partial charge in [0.2, 0.25) is 0 Å². The lowest BCUT2D eigenvalue weighted by atomic mass is 10.1. The predicted molar refractivity (Wildman–Crippen MR) is 82.7 cm³/mol. The maximum absolute atomic E-state index is 5.97. The van der Waals surface area contributed by atoms with Gasteiger partial charge in [-0.15, -0.1) is 0 Å². The maximum Gasteiger partial charge on any atom is 0.154 e. The van der Waals surface area contributed by atoms with Gasteiger partial charge in [-0.1, -0.05) is 13.8 Å². The van der Waals surface area contributed by atoms with E-state index in [4.69, 9.17) is 10.5 Å². The molecule has 2 aromatic rings. The Labute approximate surface area is 124 Å². The molecular formula is C15H23N5O. The molecule has 0 spiro atoms. The van der Waals surface area contributed by atoms with Crippen molar-refractivity contribution in [3.63, 3.8) is 0 Å². The van der Waals surface area contributed by atoms with Crippen LogP contribution in [0.5, 0.6) is 0 Å². The maximum atomic E-state index is 5.97. The second-order valence-corrected chi connectivity index (χ2v) is 6.02. The van der Waals surface area contributed by atoms with E-state index in [1.54, 1.807) is 6.20 Å². The summed E-state index contributed by atoms with van der Waals surface area (Å²) in [4.78, 5) is 6.81. The molecule has 21 heavy (non-hydrogen) atoms. The smallest absolute Gasteiger partial charge is 0.154 e. The average Bonchev–Trinajstić information content (AvgIpc) is 2.91. The quantitative estimate of drug-likeness (QED) is 0.925. The van der Waals surface area contributed by atoms with Crippen LogP contribution in [0.15, 0.2) is 18.5 Å². The summed E-state index contributed by atoms with van der Waals surface area (Å²) in [5, 5.41) is 4.62. The summed E-state index contributed by atoms with van der Waals surface area (Å²) in [6.45, 7) is 8.56. The van der Waals surface area contributed by atoms with Gasteiger partial charge in [-0.3, -0.25) is 0 Å². The highest BCUT2D eigenvalue weighted by atomic mass is 16.5. The van der Waals surface area contributed by atoms with Crippen molar-refractivity contribution in [1.82, 2.24) is 14.6 Å². The van der Waals surface area contributed by atoms with Crippen LogP contribution in [0.2, 0.25) is 0 Å². The van der Waals surface area contributed by atoms with Crippen LogP contribution >= 0.6 is 0 Å². The monoisotopic (exact) mass is 289 g/mol. The van der Waals surface area contributed by atoms with Gasteiger partial charge in [0.25, 0.3) is 0 Å². The van der Waals surface area contributed by atoms with Crippen molar-refractivity contribution in [2.45, 2.75) is 38.8 Å². The molecule has 114 valence electrons. The van der Waals surface area contributed by atoms with E-state index in [9.17, 15) is 0 Å². The fourth-order valence-electron chi connectivity index (χ4n) is 2.64. The minimum absolute atomic E-state index is 0.0173. The van der Waals surface area contributed by atoms with Gasteiger partial charge in [-0.25, -0.2) is 9.50 Å². The first-order chi connectivity index (χ1) is 10.1. The van der Waals surface area contributed by atoms with E-state index in [2.05, 4.69) is 34.9 Å². The molecule has 0 aliphatic carbocycles. The highest BCUT2D eigenvalue weighted by molar-refractivity contribution is 5.69. The number of fused-ring (bicyclic) bond motifs is 1. The van der Waals surface area contributed by atoms with Crippen molar-refractivity contribution in [3.05, 3.63) is 24.2 Å². The molecule has 2 aromatic heterocycles. The number of nitrogens with zero attached hydrogens (tertiary/aromatic N) is 4. The van der Waals surface area contributed by atoms with Crippen LogP contribution in [0, 0.1) is 0 Å². The Kier molecular flexibility index (Phi) is 3.82. The van der Waals surface area contributed by atoms with E-state index in [1.165, 1.54) is 0 Å². The van der Waals surface area contributed by atoms with E-state index in [0.717, 1.165) is 30.1 Å². The Bertz CT molecular complexity index is 622. The minimum Gasteiger partial charge on any atom is -0.373 e. The Morgan fingerprint density at radius 2 is 2.19 bits per heavy atom. The predicted octanol–water partition coefficient (Wildman–Crippen LogP) is 1.41. The number of aromatic nitrogens is 3. The summed E-state index contributed by atoms with van der Waals surface area (Å²) < 4.78 is 7.64. The Balaban J connectivity index is 1.96. The van der Waals surface area contributed by atoms with E-state index >= 15 is 0 Å². The van der Waals surface area contributed by atoms with Gasteiger partial charge in [0.15, 0.2) is 5.82 Å². The molecule has 3 rings (SSSR count). The van der Waals surface area contributed by atoms with Gasteiger partial charge in [0, 0.05) is 31.5 Å². The first-order valence-electron chi connectivity index (χ1n) is 7.52. The van der Waals surface area contributed by atoms with Crippen LogP contribution in [-0.4, -0.2) is 46.4 Å². The van der Waals surface area contributed by atoms with Crippen molar-refractivity contribution in [3.8, 4) is 0 Å². The topological polar surface area (TPSA) is 68.7 Å². The molecule has 0 radical (unpaired) electrons. The van der Waals surface area contributed by atoms with Crippen LogP contribution < -0.4 is 10.6 Å². The van der Waals surface area contributed by atoms with E-state index in [0.29, 0.717) is 12.5 Å². The number of hydrogen-bond donors (Lipinski definition) is 1. The van der Waals surface area contributed by atoms with E-state index in [-0.39, 0.29) is 12.1 Å². The molecule has 1 aliphatic rings. The molecule has 0 bridgehead atoms. The first-order valence-corrected chi connectivity index (χ1v) is 7.52. The van der Waals surface area contributed by atoms with Gasteiger partial charge in [-0.2, -0.15) is 5.10 Å². The van der Waals surface area contributed by atoms with Crippen molar-refractivity contribution in [2.24, 2.45) is 5.73 Å². The van der Waals surface area contributed by atoms with Crippen LogP contribution in [0.4, 0.5) is 5.82 Å². The zero-order valence-electron chi connectivity index (χ0n) is 12.9. The van der Waals surface area contributed by atoms with E-state index in [1.807, 2.05) is 17.6 Å². The number of hydrogen-bond acceptors (Lipinski definition) is 5. The summed E-state index contributed by atoms with van der Waals surface area (Å²) >= 11 is 0. The zero-order chi connectivity index (χ0) is 15.0. The third-order valence-electron chi connectivity index (χ3n) is 3.96. The normalized spacial score (nSPS) is 21.2. The Hall–Kier alpha value is -1.66. The molecule has 2 N–H and O–H groups in total. The van der Waals surface area contributed by atoms with Gasteiger partial charge in [-0.05, 0) is 18.9 Å². The van der Waals surface area contributed by atoms with Crippen LogP contribution in [-0.2, 0) is 4.74 Å². The van der Waals surface area contributed by atoms with Gasteiger partial charge in [0.1, 0.15) is 5.52 Å². The third kappa shape index (κ3) is 2.73. The number of nitrogens with two attached hydrogens (primary N) is 1. The molecule has 6 heteroatoms. The summed E-state index contributed by atoms with van der Waals surface area (Å²) in [5.74, 6) is 1.37.